The van der Waals surface area contributed by atoms with E-state index in [0.29, 0.717) is 37.2 Å². The number of nitrogens with zero attached hydrogens (tertiary/aromatic N) is 4. The maximum Gasteiger partial charge on any atom is 0.276 e. The molecule has 1 aromatic carbocycles. The molecule has 1 N–H and O–H groups in total. The summed E-state index contributed by atoms with van der Waals surface area (Å²) < 4.78 is 10.5. The summed E-state index contributed by atoms with van der Waals surface area (Å²) in [6, 6.07) is 7.78. The van der Waals surface area contributed by atoms with Gasteiger partial charge in [-0.15, -0.1) is 5.10 Å². The highest BCUT2D eigenvalue weighted by Crippen LogP contribution is 2.17. The quantitative estimate of drug-likeness (QED) is 0.740. The first-order chi connectivity index (χ1) is 13.1. The monoisotopic (exact) mass is 373 g/mol. The van der Waals surface area contributed by atoms with Crippen LogP contribution in [0.1, 0.15) is 29.0 Å². The predicted molar refractivity (Wildman–Crippen MR) is 101 cm³/mol. The van der Waals surface area contributed by atoms with Crippen molar-refractivity contribution in [2.45, 2.75) is 25.8 Å². The Morgan fingerprint density at radius 2 is 2.04 bits per heavy atom. The number of carbonyl (C=O) groups excluding carboxylic acids is 1. The molecule has 3 rings (SSSR count). The minimum Gasteiger partial charge on any atom is -0.491 e. The molecule has 2 aromatic rings. The van der Waals surface area contributed by atoms with Crippen LogP contribution in [0.15, 0.2) is 24.3 Å². The molecule has 146 valence electrons. The van der Waals surface area contributed by atoms with Crippen LogP contribution in [0.25, 0.3) is 5.69 Å². The number of benzene rings is 1. The van der Waals surface area contributed by atoms with Gasteiger partial charge in [0.15, 0.2) is 5.69 Å². The van der Waals surface area contributed by atoms with Gasteiger partial charge < -0.3 is 19.7 Å². The molecule has 0 spiro atoms. The van der Waals surface area contributed by atoms with Gasteiger partial charge >= 0.3 is 0 Å². The van der Waals surface area contributed by atoms with E-state index in [9.17, 15) is 4.79 Å². The van der Waals surface area contributed by atoms with Crippen molar-refractivity contribution in [3.63, 3.8) is 0 Å². The number of ether oxygens (including phenoxy) is 2. The first-order valence-corrected chi connectivity index (χ1v) is 9.25. The van der Waals surface area contributed by atoms with Gasteiger partial charge in [-0.05, 0) is 51.1 Å². The molecule has 8 nitrogen and oxygen atoms in total. The van der Waals surface area contributed by atoms with Gasteiger partial charge in [0.05, 0.1) is 18.0 Å². The Morgan fingerprint density at radius 1 is 1.26 bits per heavy atom. The highest BCUT2D eigenvalue weighted by atomic mass is 16.5. The molecule has 0 bridgehead atoms. The fourth-order valence-electron chi connectivity index (χ4n) is 3.16. The van der Waals surface area contributed by atoms with Gasteiger partial charge in [0.25, 0.3) is 5.91 Å². The van der Waals surface area contributed by atoms with E-state index in [1.165, 1.54) is 4.80 Å². The van der Waals surface area contributed by atoms with E-state index in [4.69, 9.17) is 9.47 Å². The van der Waals surface area contributed by atoms with E-state index in [2.05, 4.69) is 15.5 Å². The third kappa shape index (κ3) is 4.64. The largest absolute Gasteiger partial charge is 0.491 e. The molecular weight excluding hydrogens is 346 g/mol. The van der Waals surface area contributed by atoms with Crippen LogP contribution in [0.3, 0.4) is 0 Å². The topological polar surface area (TPSA) is 81.5 Å². The van der Waals surface area contributed by atoms with Crippen LogP contribution in [0.5, 0.6) is 5.75 Å². The number of aromatic nitrogens is 3. The predicted octanol–water partition coefficient (Wildman–Crippen LogP) is 1.42. The average molecular weight is 373 g/mol. The lowest BCUT2D eigenvalue weighted by Gasteiger charge is -2.32. The Balaban J connectivity index is 1.71. The highest BCUT2D eigenvalue weighted by molar-refractivity contribution is 5.93. The second-order valence-corrected chi connectivity index (χ2v) is 6.64. The average Bonchev–Trinajstić information content (AvgIpc) is 3.10. The first-order valence-electron chi connectivity index (χ1n) is 9.25. The molecule has 1 aliphatic rings. The number of rotatable bonds is 7. The Labute approximate surface area is 159 Å². The molecule has 1 atom stereocenters. The van der Waals surface area contributed by atoms with Crippen LogP contribution in [-0.4, -0.2) is 72.3 Å². The zero-order chi connectivity index (χ0) is 19.2. The van der Waals surface area contributed by atoms with Crippen LogP contribution in [0, 0.1) is 6.92 Å². The number of nitrogens with one attached hydrogen (secondary N) is 1. The number of hydrogen-bond acceptors (Lipinski definition) is 6. The van der Waals surface area contributed by atoms with Crippen molar-refractivity contribution in [3.8, 4) is 11.4 Å². The Morgan fingerprint density at radius 3 is 2.74 bits per heavy atom. The molecule has 0 aliphatic carbocycles. The third-order valence-electron chi connectivity index (χ3n) is 4.73. The molecule has 1 aromatic heterocycles. The molecule has 1 fully saturated rings. The van der Waals surface area contributed by atoms with Gasteiger partial charge in [-0.3, -0.25) is 4.79 Å². The SMILES string of the molecule is CNC1CCCN(C(=O)c2nn(-c3ccc(OCCOC)cc3)nc2C)C1. The van der Waals surface area contributed by atoms with E-state index >= 15 is 0 Å². The van der Waals surface area contributed by atoms with Gasteiger partial charge in [-0.2, -0.15) is 9.90 Å². The molecule has 0 saturated carbocycles. The summed E-state index contributed by atoms with van der Waals surface area (Å²) in [5, 5.41) is 12.1. The molecule has 0 radical (unpaired) electrons. The number of likely N-dealkylation sites (N-methyl/N-ethyl adjacent to an activating group) is 1. The highest BCUT2D eigenvalue weighted by Gasteiger charge is 2.27. The minimum absolute atomic E-state index is 0.0572. The molecule has 1 unspecified atom stereocenters. The van der Waals surface area contributed by atoms with Crippen LogP contribution >= 0.6 is 0 Å². The molecule has 8 heteroatoms. The van der Waals surface area contributed by atoms with Crippen LogP contribution in [0.4, 0.5) is 0 Å². The molecule has 27 heavy (non-hydrogen) atoms. The van der Waals surface area contributed by atoms with Gasteiger partial charge in [0.2, 0.25) is 0 Å². The summed E-state index contributed by atoms with van der Waals surface area (Å²) in [4.78, 5) is 16.2. The fraction of sp³-hybridized carbons (Fsp3) is 0.526. The zero-order valence-corrected chi connectivity index (χ0v) is 16.1. The van der Waals surface area contributed by atoms with E-state index in [1.54, 1.807) is 7.11 Å². The number of amides is 1. The van der Waals surface area contributed by atoms with Crippen molar-refractivity contribution in [3.05, 3.63) is 35.7 Å². The molecule has 1 amide bonds. The minimum atomic E-state index is -0.0572. The van der Waals surface area contributed by atoms with Gasteiger partial charge in [0, 0.05) is 26.2 Å². The maximum atomic E-state index is 12.9. The van der Waals surface area contributed by atoms with Crippen molar-refractivity contribution in [2.24, 2.45) is 0 Å². The number of likely N-dealkylation sites (tertiary alicyclic amines) is 1. The van der Waals surface area contributed by atoms with Crippen molar-refractivity contribution in [2.75, 3.05) is 40.5 Å². The van der Waals surface area contributed by atoms with E-state index in [0.717, 1.165) is 30.8 Å². The maximum absolute atomic E-state index is 12.9. The second kappa shape index (κ2) is 8.96. The van der Waals surface area contributed by atoms with Crippen molar-refractivity contribution < 1.29 is 14.3 Å². The number of methoxy groups -OCH3 is 1. The first kappa shape index (κ1) is 19.3. The van der Waals surface area contributed by atoms with E-state index in [-0.39, 0.29) is 5.91 Å². The summed E-state index contributed by atoms with van der Waals surface area (Å²) in [5.41, 5.74) is 1.82. The van der Waals surface area contributed by atoms with Crippen LogP contribution in [-0.2, 0) is 4.74 Å². The Hall–Kier alpha value is -2.45. The summed E-state index contributed by atoms with van der Waals surface area (Å²) in [7, 11) is 3.57. The van der Waals surface area contributed by atoms with E-state index < -0.39 is 0 Å². The molecule has 1 saturated heterocycles. The lowest BCUT2D eigenvalue weighted by atomic mass is 10.1. The summed E-state index contributed by atoms with van der Waals surface area (Å²) in [6.45, 7) is 4.32. The van der Waals surface area contributed by atoms with Gasteiger partial charge in [-0.25, -0.2) is 0 Å². The van der Waals surface area contributed by atoms with Gasteiger partial charge in [0.1, 0.15) is 12.4 Å². The molecule has 1 aliphatic heterocycles. The molecular formula is C19H27N5O3. The summed E-state index contributed by atoms with van der Waals surface area (Å²) in [6.07, 6.45) is 2.08. The Kier molecular flexibility index (Phi) is 6.41. The van der Waals surface area contributed by atoms with Gasteiger partial charge in [-0.1, -0.05) is 0 Å². The van der Waals surface area contributed by atoms with Crippen molar-refractivity contribution in [1.82, 2.24) is 25.2 Å². The number of hydrogen-bond donors (Lipinski definition) is 1. The number of piperidine rings is 1. The Bertz CT molecular complexity index is 759. The molecule has 2 heterocycles. The number of carbonyl (C=O) groups is 1. The lowest BCUT2D eigenvalue weighted by molar-refractivity contribution is 0.0691. The number of aryl methyl sites for hydroxylation is 1. The second-order valence-electron chi connectivity index (χ2n) is 6.64. The van der Waals surface area contributed by atoms with Crippen LogP contribution in [0.2, 0.25) is 0 Å². The van der Waals surface area contributed by atoms with Crippen molar-refractivity contribution >= 4 is 5.91 Å². The summed E-state index contributed by atoms with van der Waals surface area (Å²) in [5.74, 6) is 0.695. The summed E-state index contributed by atoms with van der Waals surface area (Å²) >= 11 is 0. The standard InChI is InChI=1S/C19H27N5O3/c1-14-18(19(25)23-10-4-5-15(13-23)20-2)22-24(21-14)16-6-8-17(9-7-16)27-12-11-26-3/h6-9,15,20H,4-5,10-13H2,1-3H3. The van der Waals surface area contributed by atoms with Crippen molar-refractivity contribution in [1.29, 1.82) is 0 Å². The third-order valence-corrected chi connectivity index (χ3v) is 4.73. The van der Waals surface area contributed by atoms with E-state index in [1.807, 2.05) is 43.1 Å². The lowest BCUT2D eigenvalue weighted by Crippen LogP contribution is -2.47. The fourth-order valence-corrected chi connectivity index (χ4v) is 3.16. The zero-order valence-electron chi connectivity index (χ0n) is 16.1. The smallest absolute Gasteiger partial charge is 0.276 e. The van der Waals surface area contributed by atoms with Crippen LogP contribution < -0.4 is 10.1 Å². The normalized spacial score (nSPS) is 17.1.